The van der Waals surface area contributed by atoms with Gasteiger partial charge in [-0.25, -0.2) is 0 Å². The molecule has 1 aromatic heterocycles. The molecule has 0 radical (unpaired) electrons. The van der Waals surface area contributed by atoms with Crippen LogP contribution in [0.5, 0.6) is 0 Å². The number of anilines is 1. The SMILES string of the molecule is O=C(COCc1nnc(C(=O)Nc2ccccc2)s1)NC1CCN(Cc2ccccc2)CC1. The van der Waals surface area contributed by atoms with Crippen molar-refractivity contribution in [3.05, 3.63) is 76.2 Å². The monoisotopic (exact) mass is 465 g/mol. The zero-order chi connectivity index (χ0) is 22.9. The summed E-state index contributed by atoms with van der Waals surface area (Å²) in [6.07, 6.45) is 1.85. The molecule has 4 rings (SSSR count). The van der Waals surface area contributed by atoms with Crippen molar-refractivity contribution in [3.63, 3.8) is 0 Å². The molecule has 1 saturated heterocycles. The van der Waals surface area contributed by atoms with Gasteiger partial charge in [0.1, 0.15) is 18.2 Å². The number of rotatable bonds is 9. The number of ether oxygens (including phenoxy) is 1. The average Bonchev–Trinajstić information content (AvgIpc) is 3.31. The van der Waals surface area contributed by atoms with Gasteiger partial charge in [0.15, 0.2) is 0 Å². The van der Waals surface area contributed by atoms with Gasteiger partial charge in [-0.1, -0.05) is 59.9 Å². The van der Waals surface area contributed by atoms with Crippen LogP contribution in [0.1, 0.15) is 33.2 Å². The quantitative estimate of drug-likeness (QED) is 0.504. The Morgan fingerprint density at radius 2 is 1.70 bits per heavy atom. The minimum Gasteiger partial charge on any atom is -0.364 e. The Hall–Kier alpha value is -3.14. The fourth-order valence-corrected chi connectivity index (χ4v) is 4.36. The summed E-state index contributed by atoms with van der Waals surface area (Å²) < 4.78 is 5.49. The molecule has 2 N–H and O–H groups in total. The van der Waals surface area contributed by atoms with Gasteiger partial charge in [0.2, 0.25) is 10.9 Å². The fourth-order valence-electron chi connectivity index (χ4n) is 3.69. The van der Waals surface area contributed by atoms with Gasteiger partial charge in [0.25, 0.3) is 5.91 Å². The van der Waals surface area contributed by atoms with Crippen LogP contribution in [0.2, 0.25) is 0 Å². The maximum absolute atomic E-state index is 12.2. The van der Waals surface area contributed by atoms with E-state index in [2.05, 4.69) is 50.0 Å². The third kappa shape index (κ3) is 7.18. The number of piperidine rings is 1. The Bertz CT molecular complexity index is 1040. The van der Waals surface area contributed by atoms with Gasteiger partial charge in [0.05, 0.1) is 0 Å². The lowest BCUT2D eigenvalue weighted by Crippen LogP contribution is -2.45. The van der Waals surface area contributed by atoms with Crippen molar-refractivity contribution in [1.82, 2.24) is 20.4 Å². The van der Waals surface area contributed by atoms with E-state index in [1.807, 2.05) is 24.3 Å². The number of hydrogen-bond donors (Lipinski definition) is 2. The maximum atomic E-state index is 12.2. The van der Waals surface area contributed by atoms with Gasteiger partial charge >= 0.3 is 0 Å². The second kappa shape index (κ2) is 11.6. The van der Waals surface area contributed by atoms with Gasteiger partial charge in [-0.3, -0.25) is 14.5 Å². The molecule has 0 atom stereocenters. The highest BCUT2D eigenvalue weighted by atomic mass is 32.1. The van der Waals surface area contributed by atoms with Crippen LogP contribution in [0.4, 0.5) is 5.69 Å². The second-order valence-corrected chi connectivity index (χ2v) is 8.98. The zero-order valence-corrected chi connectivity index (χ0v) is 19.1. The molecular weight excluding hydrogens is 438 g/mol. The van der Waals surface area contributed by atoms with Crippen molar-refractivity contribution < 1.29 is 14.3 Å². The first kappa shape index (κ1) is 23.0. The van der Waals surface area contributed by atoms with Gasteiger partial charge in [-0.05, 0) is 30.5 Å². The molecular formula is C24H27N5O3S. The Morgan fingerprint density at radius 3 is 2.42 bits per heavy atom. The number of aromatic nitrogens is 2. The molecule has 172 valence electrons. The molecule has 9 heteroatoms. The molecule has 1 aliphatic rings. The number of carbonyl (C=O) groups is 2. The molecule has 2 aromatic carbocycles. The van der Waals surface area contributed by atoms with Crippen LogP contribution in [-0.2, 0) is 22.7 Å². The molecule has 0 aliphatic carbocycles. The van der Waals surface area contributed by atoms with Crippen molar-refractivity contribution in [2.24, 2.45) is 0 Å². The lowest BCUT2D eigenvalue weighted by atomic mass is 10.0. The fraction of sp³-hybridized carbons (Fsp3) is 0.333. The molecule has 1 aliphatic heterocycles. The number of carbonyl (C=O) groups excluding carboxylic acids is 2. The Kier molecular flexibility index (Phi) is 8.13. The van der Waals surface area contributed by atoms with E-state index in [-0.39, 0.29) is 36.1 Å². The van der Waals surface area contributed by atoms with E-state index in [1.54, 1.807) is 12.1 Å². The first-order valence-electron chi connectivity index (χ1n) is 11.0. The first-order chi connectivity index (χ1) is 16.2. The minimum atomic E-state index is -0.318. The molecule has 8 nitrogen and oxygen atoms in total. The number of nitrogens with one attached hydrogen (secondary N) is 2. The summed E-state index contributed by atoms with van der Waals surface area (Å²) in [4.78, 5) is 26.9. The van der Waals surface area contributed by atoms with Crippen molar-refractivity contribution in [2.75, 3.05) is 25.0 Å². The lowest BCUT2D eigenvalue weighted by molar-refractivity contribution is -0.127. The predicted molar refractivity (Wildman–Crippen MR) is 127 cm³/mol. The largest absolute Gasteiger partial charge is 0.364 e. The molecule has 0 saturated carbocycles. The summed E-state index contributed by atoms with van der Waals surface area (Å²) in [6.45, 7) is 2.95. The topological polar surface area (TPSA) is 96.5 Å². The third-order valence-corrected chi connectivity index (χ3v) is 6.25. The highest BCUT2D eigenvalue weighted by molar-refractivity contribution is 7.13. The number of para-hydroxylation sites is 1. The van der Waals surface area contributed by atoms with E-state index in [4.69, 9.17) is 4.74 Å². The average molecular weight is 466 g/mol. The summed E-state index contributed by atoms with van der Waals surface area (Å²) in [7, 11) is 0. The molecule has 3 aromatic rings. The van der Waals surface area contributed by atoms with Crippen molar-refractivity contribution >= 4 is 28.8 Å². The number of benzene rings is 2. The Labute approximate surface area is 197 Å². The van der Waals surface area contributed by atoms with E-state index in [0.717, 1.165) is 43.8 Å². The lowest BCUT2D eigenvalue weighted by Gasteiger charge is -2.32. The van der Waals surface area contributed by atoms with Gasteiger partial charge in [-0.2, -0.15) is 0 Å². The van der Waals surface area contributed by atoms with Crippen LogP contribution >= 0.6 is 11.3 Å². The van der Waals surface area contributed by atoms with Gasteiger partial charge in [-0.15, -0.1) is 10.2 Å². The van der Waals surface area contributed by atoms with Crippen molar-refractivity contribution in [3.8, 4) is 0 Å². The Balaban J connectivity index is 1.13. The van der Waals surface area contributed by atoms with E-state index >= 15 is 0 Å². The number of nitrogens with zero attached hydrogens (tertiary/aromatic N) is 3. The summed E-state index contributed by atoms with van der Waals surface area (Å²) in [5, 5.41) is 14.5. The summed E-state index contributed by atoms with van der Waals surface area (Å²) in [5.41, 5.74) is 2.00. The van der Waals surface area contributed by atoms with Crippen LogP contribution in [0, 0.1) is 0 Å². The highest BCUT2D eigenvalue weighted by Gasteiger charge is 2.21. The second-order valence-electron chi connectivity index (χ2n) is 7.92. The molecule has 33 heavy (non-hydrogen) atoms. The maximum Gasteiger partial charge on any atom is 0.286 e. The summed E-state index contributed by atoms with van der Waals surface area (Å²) >= 11 is 1.15. The van der Waals surface area contributed by atoms with Crippen LogP contribution < -0.4 is 10.6 Å². The van der Waals surface area contributed by atoms with Gasteiger partial charge in [0, 0.05) is 31.4 Å². The highest BCUT2D eigenvalue weighted by Crippen LogP contribution is 2.15. The van der Waals surface area contributed by atoms with E-state index in [9.17, 15) is 9.59 Å². The number of amides is 2. The predicted octanol–water partition coefficient (Wildman–Crippen LogP) is 3.09. The zero-order valence-electron chi connectivity index (χ0n) is 18.3. The number of likely N-dealkylation sites (tertiary alicyclic amines) is 1. The van der Waals surface area contributed by atoms with Crippen LogP contribution in [0.25, 0.3) is 0 Å². The van der Waals surface area contributed by atoms with Crippen molar-refractivity contribution in [2.45, 2.75) is 32.0 Å². The molecule has 2 heterocycles. The van der Waals surface area contributed by atoms with Crippen LogP contribution in [-0.4, -0.2) is 52.6 Å². The molecule has 0 bridgehead atoms. The molecule has 2 amide bonds. The molecule has 0 unspecified atom stereocenters. The normalized spacial score (nSPS) is 14.7. The minimum absolute atomic E-state index is 0.0463. The van der Waals surface area contributed by atoms with Crippen LogP contribution in [0.15, 0.2) is 60.7 Å². The van der Waals surface area contributed by atoms with Crippen LogP contribution in [0.3, 0.4) is 0 Å². The molecule has 1 fully saturated rings. The third-order valence-electron chi connectivity index (χ3n) is 5.35. The smallest absolute Gasteiger partial charge is 0.286 e. The van der Waals surface area contributed by atoms with Crippen molar-refractivity contribution in [1.29, 1.82) is 0 Å². The summed E-state index contributed by atoms with van der Waals surface area (Å²) in [5.74, 6) is -0.454. The summed E-state index contributed by atoms with van der Waals surface area (Å²) in [6, 6.07) is 19.8. The number of hydrogen-bond acceptors (Lipinski definition) is 7. The Morgan fingerprint density at radius 1 is 1.00 bits per heavy atom. The van der Waals surface area contributed by atoms with E-state index in [0.29, 0.717) is 10.7 Å². The molecule has 0 spiro atoms. The first-order valence-corrected chi connectivity index (χ1v) is 11.8. The van der Waals surface area contributed by atoms with E-state index in [1.165, 1.54) is 5.56 Å². The van der Waals surface area contributed by atoms with Gasteiger partial charge < -0.3 is 15.4 Å². The van der Waals surface area contributed by atoms with E-state index < -0.39 is 0 Å². The standard InChI is InChI=1S/C24H27N5O3S/c30-21(25-20-11-13-29(14-12-20)15-18-7-3-1-4-8-18)16-32-17-22-27-28-24(33-22)23(31)26-19-9-5-2-6-10-19/h1-10,20H,11-17H2,(H,25,30)(H,26,31).